The molecule has 4 heavy (non-hydrogen) atoms. The van der Waals surface area contributed by atoms with Crippen molar-refractivity contribution < 1.29 is 4.79 Å². The second kappa shape index (κ2) is 2.90. The van der Waals surface area contributed by atoms with Crippen LogP contribution in [0.3, 0.4) is 0 Å². The monoisotopic (exact) mass is 123 g/mol. The third-order valence-corrected chi connectivity index (χ3v) is 0.212. The van der Waals surface area contributed by atoms with Crippen molar-refractivity contribution in [2.24, 2.45) is 4.01 Å². The molecule has 0 fully saturated rings. The molecule has 0 N–H and O–H groups in total. The molecule has 0 bridgehead atoms. The van der Waals surface area contributed by atoms with Crippen LogP contribution in [0, 0.1) is 0 Å². The molecule has 0 rings (SSSR count). The van der Waals surface area contributed by atoms with E-state index < -0.39 is 0 Å². The van der Waals surface area contributed by atoms with E-state index in [2.05, 4.69) is 4.01 Å². The molecule has 2 nitrogen and oxygen atoms in total. The Bertz CT molecular complexity index is 46.0. The Kier molecular flexibility index (Phi) is 2.83. The van der Waals surface area contributed by atoms with Gasteiger partial charge in [-0.05, 0) is 0 Å². The first kappa shape index (κ1) is 3.90. The van der Waals surface area contributed by atoms with Crippen LogP contribution in [0.2, 0.25) is 0 Å². The Labute approximate surface area is 31.9 Å². The van der Waals surface area contributed by atoms with Crippen molar-refractivity contribution in [3.63, 3.8) is 0 Å². The molecule has 0 saturated heterocycles. The van der Waals surface area contributed by atoms with E-state index in [1.54, 1.807) is 16.2 Å². The third kappa shape index (κ3) is 1.90. The average Bonchev–Trinajstić information content (AvgIpc) is 1.37. The molecular formula is CHNOSe. The second-order valence-electron chi connectivity index (χ2n) is 0.191. The third-order valence-electron chi connectivity index (χ3n) is 0.0408. The van der Waals surface area contributed by atoms with Gasteiger partial charge in [0.15, 0.2) is 0 Å². The van der Waals surface area contributed by atoms with Crippen molar-refractivity contribution in [3.05, 3.63) is 0 Å². The standard InChI is InChI=1S/CHNOSe/c3-1-2-4/h4H. The quantitative estimate of drug-likeness (QED) is 0.233. The Balaban J connectivity index is 3.11. The molecule has 0 aromatic rings. The fraction of sp³-hybridized carbons (Fsp3) is 0. The molecule has 22 valence electrons. The van der Waals surface area contributed by atoms with Crippen LogP contribution in [-0.4, -0.2) is 22.3 Å². The van der Waals surface area contributed by atoms with Crippen LogP contribution in [-0.2, 0) is 4.79 Å². The first-order valence-electron chi connectivity index (χ1n) is 0.628. The molecule has 0 heterocycles. The van der Waals surface area contributed by atoms with Crippen molar-refractivity contribution in [2.45, 2.75) is 0 Å². The minimum absolute atomic E-state index is 1.28. The Morgan fingerprint density at radius 1 is 2.00 bits per heavy atom. The van der Waals surface area contributed by atoms with Crippen LogP contribution in [0.1, 0.15) is 0 Å². The Morgan fingerprint density at radius 3 is 2.25 bits per heavy atom. The normalized spacial score (nSPS) is 4.25. The summed E-state index contributed by atoms with van der Waals surface area (Å²) in [4.78, 5) is 8.87. The molecule has 0 unspecified atom stereocenters. The molecule has 0 radical (unpaired) electrons. The van der Waals surface area contributed by atoms with Gasteiger partial charge >= 0.3 is 31.1 Å². The molecule has 0 aliphatic rings. The topological polar surface area (TPSA) is 29.4 Å². The summed E-state index contributed by atoms with van der Waals surface area (Å²) in [6.45, 7) is 0. The van der Waals surface area contributed by atoms with E-state index in [1.807, 2.05) is 0 Å². The van der Waals surface area contributed by atoms with E-state index in [1.165, 1.54) is 6.08 Å². The van der Waals surface area contributed by atoms with Crippen LogP contribution in [0.4, 0.5) is 0 Å². The molecule has 0 saturated carbocycles. The molecule has 0 aliphatic carbocycles. The van der Waals surface area contributed by atoms with Gasteiger partial charge in [-0.15, -0.1) is 0 Å². The van der Waals surface area contributed by atoms with Gasteiger partial charge in [-0.3, -0.25) is 0 Å². The zero-order valence-corrected chi connectivity index (χ0v) is 3.68. The van der Waals surface area contributed by atoms with Crippen molar-refractivity contribution in [1.29, 1.82) is 0 Å². The van der Waals surface area contributed by atoms with Gasteiger partial charge in [-0.25, -0.2) is 0 Å². The van der Waals surface area contributed by atoms with Gasteiger partial charge in [0.1, 0.15) is 0 Å². The van der Waals surface area contributed by atoms with E-state index in [-0.39, 0.29) is 0 Å². The van der Waals surface area contributed by atoms with Crippen LogP contribution >= 0.6 is 0 Å². The number of carbonyl (C=O) groups excluding carboxylic acids is 1. The van der Waals surface area contributed by atoms with Gasteiger partial charge in [0.05, 0.1) is 0 Å². The van der Waals surface area contributed by atoms with E-state index in [9.17, 15) is 0 Å². The summed E-state index contributed by atoms with van der Waals surface area (Å²) in [5.74, 6) is 0. The molecule has 0 aliphatic heterocycles. The van der Waals surface area contributed by atoms with Gasteiger partial charge in [-0.2, -0.15) is 0 Å². The fourth-order valence-electron chi connectivity index (χ4n) is 0. The minimum atomic E-state index is 1.28. The predicted molar refractivity (Wildman–Crippen MR) is 15.3 cm³/mol. The molecule has 0 aromatic carbocycles. The van der Waals surface area contributed by atoms with E-state index in [4.69, 9.17) is 4.79 Å². The first-order valence-corrected chi connectivity index (χ1v) is 1.47. The summed E-state index contributed by atoms with van der Waals surface area (Å²) < 4.78 is 2.87. The summed E-state index contributed by atoms with van der Waals surface area (Å²) in [6.07, 6.45) is 1.28. The van der Waals surface area contributed by atoms with Crippen LogP contribution in [0.5, 0.6) is 0 Å². The van der Waals surface area contributed by atoms with Crippen LogP contribution < -0.4 is 0 Å². The van der Waals surface area contributed by atoms with E-state index in [0.717, 1.165) is 0 Å². The zero-order chi connectivity index (χ0) is 3.41. The molecular weight excluding hydrogens is 121 g/mol. The predicted octanol–water partition coefficient (Wildman–Crippen LogP) is -0.862. The summed E-state index contributed by atoms with van der Waals surface area (Å²) in [5.41, 5.74) is 0. The van der Waals surface area contributed by atoms with E-state index >= 15 is 0 Å². The van der Waals surface area contributed by atoms with Gasteiger partial charge in [0.2, 0.25) is 0 Å². The summed E-state index contributed by atoms with van der Waals surface area (Å²) in [7, 11) is 0. The maximum atomic E-state index is 8.87. The molecule has 0 spiro atoms. The fourth-order valence-corrected chi connectivity index (χ4v) is 0. The number of rotatable bonds is 0. The van der Waals surface area contributed by atoms with Crippen molar-refractivity contribution in [1.82, 2.24) is 0 Å². The number of hydrogen-bond acceptors (Lipinski definition) is 2. The van der Waals surface area contributed by atoms with Gasteiger partial charge in [0, 0.05) is 0 Å². The SMILES string of the molecule is O=C=N[SeH]. The first-order chi connectivity index (χ1) is 1.91. The van der Waals surface area contributed by atoms with Crippen molar-refractivity contribution >= 4 is 22.3 Å². The van der Waals surface area contributed by atoms with Crippen LogP contribution in [0.15, 0.2) is 4.01 Å². The summed E-state index contributed by atoms with van der Waals surface area (Å²) >= 11 is 1.74. The number of hydrogen-bond donors (Lipinski definition) is 0. The molecule has 0 aromatic heterocycles. The molecule has 0 atom stereocenters. The van der Waals surface area contributed by atoms with Gasteiger partial charge in [-0.1, -0.05) is 0 Å². The van der Waals surface area contributed by atoms with Gasteiger partial charge in [0.25, 0.3) is 0 Å². The zero-order valence-electron chi connectivity index (χ0n) is 1.80. The second-order valence-corrected chi connectivity index (χ2v) is 0.611. The van der Waals surface area contributed by atoms with Crippen molar-refractivity contribution in [2.75, 3.05) is 0 Å². The number of isocyanates is 1. The van der Waals surface area contributed by atoms with Crippen molar-refractivity contribution in [3.8, 4) is 0 Å². The van der Waals surface area contributed by atoms with Crippen LogP contribution in [0.25, 0.3) is 0 Å². The summed E-state index contributed by atoms with van der Waals surface area (Å²) in [5, 5.41) is 0. The van der Waals surface area contributed by atoms with E-state index in [0.29, 0.717) is 0 Å². The summed E-state index contributed by atoms with van der Waals surface area (Å²) in [6, 6.07) is 0. The number of nitrogens with zero attached hydrogens (tertiary/aromatic N) is 1. The Hall–Kier alpha value is -0.101. The average molecular weight is 122 g/mol. The molecule has 3 heteroatoms. The Morgan fingerprint density at radius 2 is 2.25 bits per heavy atom. The molecule has 0 amide bonds. The maximum absolute atomic E-state index is 8.87. The van der Waals surface area contributed by atoms with Gasteiger partial charge < -0.3 is 0 Å².